The number of aryl methyl sites for hydroxylation is 1. The molecular formula is C21H22N4O3. The molecule has 3 rings (SSSR count). The number of carbonyl (C=O) groups excluding carboxylic acids is 1. The van der Waals surface area contributed by atoms with Crippen LogP contribution in [0.25, 0.3) is 0 Å². The smallest absolute Gasteiger partial charge is 0.258 e. The van der Waals surface area contributed by atoms with Crippen LogP contribution >= 0.6 is 0 Å². The number of benzene rings is 2. The van der Waals surface area contributed by atoms with Crippen LogP contribution in [0.2, 0.25) is 0 Å². The highest BCUT2D eigenvalue weighted by Gasteiger charge is 2.12. The minimum Gasteiger partial charge on any atom is -0.497 e. The Morgan fingerprint density at radius 3 is 2.32 bits per heavy atom. The SMILES string of the molecule is CCc1ccc(Nc2ncc(C(=O)Nc3cc(OC)ccc3OC)cn2)cc1. The first-order valence-electron chi connectivity index (χ1n) is 8.84. The summed E-state index contributed by atoms with van der Waals surface area (Å²) in [5.41, 5.74) is 2.98. The van der Waals surface area contributed by atoms with Gasteiger partial charge in [0.25, 0.3) is 5.91 Å². The van der Waals surface area contributed by atoms with Gasteiger partial charge in [0.15, 0.2) is 0 Å². The van der Waals surface area contributed by atoms with Gasteiger partial charge >= 0.3 is 0 Å². The van der Waals surface area contributed by atoms with Gasteiger partial charge in [-0.1, -0.05) is 19.1 Å². The van der Waals surface area contributed by atoms with Crippen LogP contribution in [0.3, 0.4) is 0 Å². The number of nitrogens with one attached hydrogen (secondary N) is 2. The highest BCUT2D eigenvalue weighted by atomic mass is 16.5. The fourth-order valence-electron chi connectivity index (χ4n) is 2.57. The van der Waals surface area contributed by atoms with Crippen molar-refractivity contribution in [2.75, 3.05) is 24.9 Å². The van der Waals surface area contributed by atoms with E-state index >= 15 is 0 Å². The quantitative estimate of drug-likeness (QED) is 0.645. The van der Waals surface area contributed by atoms with Gasteiger partial charge in [-0.2, -0.15) is 0 Å². The van der Waals surface area contributed by atoms with Crippen molar-refractivity contribution in [1.82, 2.24) is 9.97 Å². The summed E-state index contributed by atoms with van der Waals surface area (Å²) in [5, 5.41) is 5.90. The summed E-state index contributed by atoms with van der Waals surface area (Å²) in [6.45, 7) is 2.11. The molecule has 0 aliphatic heterocycles. The van der Waals surface area contributed by atoms with Gasteiger partial charge < -0.3 is 20.1 Å². The zero-order valence-corrected chi connectivity index (χ0v) is 16.0. The summed E-state index contributed by atoms with van der Waals surface area (Å²) in [6.07, 6.45) is 3.92. The molecule has 7 heteroatoms. The first kappa shape index (κ1) is 19.2. The first-order chi connectivity index (χ1) is 13.6. The van der Waals surface area contributed by atoms with Gasteiger partial charge in [-0.05, 0) is 36.2 Å². The van der Waals surface area contributed by atoms with Gasteiger partial charge in [0.05, 0.1) is 25.5 Å². The van der Waals surface area contributed by atoms with E-state index < -0.39 is 0 Å². The molecule has 0 bridgehead atoms. The molecule has 0 aliphatic carbocycles. The Kier molecular flexibility index (Phi) is 6.06. The molecule has 0 radical (unpaired) electrons. The van der Waals surface area contributed by atoms with E-state index in [4.69, 9.17) is 9.47 Å². The number of nitrogens with zero attached hydrogens (tertiary/aromatic N) is 2. The van der Waals surface area contributed by atoms with E-state index in [0.29, 0.717) is 28.7 Å². The molecule has 7 nitrogen and oxygen atoms in total. The third kappa shape index (κ3) is 4.56. The van der Waals surface area contributed by atoms with Crippen LogP contribution in [0.1, 0.15) is 22.8 Å². The molecule has 0 saturated heterocycles. The number of hydrogen-bond acceptors (Lipinski definition) is 6. The number of ether oxygens (including phenoxy) is 2. The summed E-state index contributed by atoms with van der Waals surface area (Å²) in [7, 11) is 3.09. The van der Waals surface area contributed by atoms with E-state index in [2.05, 4.69) is 27.5 Å². The number of rotatable bonds is 7. The van der Waals surface area contributed by atoms with Gasteiger partial charge in [-0.25, -0.2) is 9.97 Å². The van der Waals surface area contributed by atoms with Crippen molar-refractivity contribution < 1.29 is 14.3 Å². The predicted molar refractivity (Wildman–Crippen MR) is 109 cm³/mol. The highest BCUT2D eigenvalue weighted by molar-refractivity contribution is 6.04. The van der Waals surface area contributed by atoms with E-state index in [1.807, 2.05) is 24.3 Å². The zero-order valence-electron chi connectivity index (χ0n) is 16.0. The molecule has 144 valence electrons. The van der Waals surface area contributed by atoms with Crippen molar-refractivity contribution in [3.05, 3.63) is 66.0 Å². The van der Waals surface area contributed by atoms with Crippen molar-refractivity contribution in [3.8, 4) is 11.5 Å². The lowest BCUT2D eigenvalue weighted by atomic mass is 10.1. The van der Waals surface area contributed by atoms with E-state index in [9.17, 15) is 4.79 Å². The first-order valence-corrected chi connectivity index (χ1v) is 8.84. The molecule has 0 saturated carbocycles. The summed E-state index contributed by atoms with van der Waals surface area (Å²) >= 11 is 0. The average molecular weight is 378 g/mol. The molecular weight excluding hydrogens is 356 g/mol. The molecule has 0 unspecified atom stereocenters. The minimum absolute atomic E-state index is 0.330. The van der Waals surface area contributed by atoms with E-state index in [1.54, 1.807) is 25.3 Å². The average Bonchev–Trinajstić information content (AvgIpc) is 2.74. The number of carbonyl (C=O) groups is 1. The lowest BCUT2D eigenvalue weighted by Gasteiger charge is -2.12. The number of methoxy groups -OCH3 is 2. The van der Waals surface area contributed by atoms with Crippen molar-refractivity contribution >= 4 is 23.2 Å². The molecule has 2 aromatic carbocycles. The summed E-state index contributed by atoms with van der Waals surface area (Å²) in [6, 6.07) is 13.2. The van der Waals surface area contributed by atoms with Gasteiger partial charge in [0.2, 0.25) is 5.95 Å². The molecule has 3 aromatic rings. The maximum atomic E-state index is 12.5. The van der Waals surface area contributed by atoms with Crippen molar-refractivity contribution in [2.24, 2.45) is 0 Å². The van der Waals surface area contributed by atoms with Crippen LogP contribution in [0.15, 0.2) is 54.9 Å². The topological polar surface area (TPSA) is 85.4 Å². The van der Waals surface area contributed by atoms with Crippen LogP contribution in [0.4, 0.5) is 17.3 Å². The Bertz CT molecular complexity index is 941. The number of anilines is 3. The van der Waals surface area contributed by atoms with Crippen LogP contribution < -0.4 is 20.1 Å². The van der Waals surface area contributed by atoms with E-state index in [-0.39, 0.29) is 5.91 Å². The van der Waals surface area contributed by atoms with Crippen LogP contribution in [0, 0.1) is 0 Å². The monoisotopic (exact) mass is 378 g/mol. The van der Waals surface area contributed by atoms with Crippen LogP contribution in [-0.2, 0) is 6.42 Å². The fourth-order valence-corrected chi connectivity index (χ4v) is 2.57. The molecule has 1 amide bonds. The molecule has 0 spiro atoms. The number of aromatic nitrogens is 2. The number of amides is 1. The normalized spacial score (nSPS) is 10.2. The van der Waals surface area contributed by atoms with E-state index in [1.165, 1.54) is 25.1 Å². The molecule has 0 fully saturated rings. The van der Waals surface area contributed by atoms with E-state index in [0.717, 1.165) is 12.1 Å². The Hall–Kier alpha value is -3.61. The second-order valence-corrected chi connectivity index (χ2v) is 5.99. The van der Waals surface area contributed by atoms with Crippen molar-refractivity contribution in [3.63, 3.8) is 0 Å². The fraction of sp³-hybridized carbons (Fsp3) is 0.190. The highest BCUT2D eigenvalue weighted by Crippen LogP contribution is 2.29. The predicted octanol–water partition coefficient (Wildman–Crippen LogP) is 4.05. The van der Waals surface area contributed by atoms with Gasteiger partial charge in [-0.3, -0.25) is 4.79 Å². The molecule has 1 heterocycles. The largest absolute Gasteiger partial charge is 0.497 e. The summed E-state index contributed by atoms with van der Waals surface area (Å²) < 4.78 is 10.5. The lowest BCUT2D eigenvalue weighted by molar-refractivity contribution is 0.102. The molecule has 1 aromatic heterocycles. The second kappa shape index (κ2) is 8.85. The molecule has 0 atom stereocenters. The Balaban J connectivity index is 1.69. The maximum absolute atomic E-state index is 12.5. The van der Waals surface area contributed by atoms with Gasteiger partial charge in [0, 0.05) is 24.1 Å². The molecule has 2 N–H and O–H groups in total. The molecule has 0 aliphatic rings. The zero-order chi connectivity index (χ0) is 19.9. The third-order valence-electron chi connectivity index (χ3n) is 4.19. The summed E-state index contributed by atoms with van der Waals surface area (Å²) in [5.74, 6) is 1.22. The second-order valence-electron chi connectivity index (χ2n) is 5.99. The number of hydrogen-bond donors (Lipinski definition) is 2. The lowest BCUT2D eigenvalue weighted by Crippen LogP contribution is -2.14. The van der Waals surface area contributed by atoms with Crippen molar-refractivity contribution in [2.45, 2.75) is 13.3 Å². The third-order valence-corrected chi connectivity index (χ3v) is 4.19. The standard InChI is InChI=1S/C21H22N4O3/c1-4-14-5-7-16(8-6-14)24-21-22-12-15(13-23-21)20(26)25-18-11-17(27-2)9-10-19(18)28-3/h5-13H,4H2,1-3H3,(H,25,26)(H,22,23,24). The van der Waals surface area contributed by atoms with Crippen LogP contribution in [-0.4, -0.2) is 30.1 Å². The van der Waals surface area contributed by atoms with Gasteiger partial charge in [0.1, 0.15) is 11.5 Å². The Labute approximate surface area is 163 Å². The minimum atomic E-state index is -0.342. The van der Waals surface area contributed by atoms with Crippen molar-refractivity contribution in [1.29, 1.82) is 0 Å². The Morgan fingerprint density at radius 2 is 1.71 bits per heavy atom. The maximum Gasteiger partial charge on any atom is 0.258 e. The molecule has 28 heavy (non-hydrogen) atoms. The Morgan fingerprint density at radius 1 is 1.00 bits per heavy atom. The van der Waals surface area contributed by atoms with Gasteiger partial charge in [-0.15, -0.1) is 0 Å². The van der Waals surface area contributed by atoms with Crippen LogP contribution in [0.5, 0.6) is 11.5 Å². The summed E-state index contributed by atoms with van der Waals surface area (Å²) in [4.78, 5) is 20.9.